The summed E-state index contributed by atoms with van der Waals surface area (Å²) >= 11 is 0. The van der Waals surface area contributed by atoms with Crippen LogP contribution in [0.15, 0.2) is 48.5 Å². The lowest BCUT2D eigenvalue weighted by atomic mass is 9.91. The standard InChI is InChI=1S/C30H35N3O6/c1-30(2,3)39-29(38)33-13-12-19(18-33)14-20(34)16-31-27(36)17-32-28(37)26(35)15-25-23-10-6-4-8-21(23)22-9-5-7-11-24(22)25/h4-11,19,25H,12-18H2,1-3H3,(H,31,36)(H,32,37)/t19-/m1/s1. The number of ketones is 2. The van der Waals surface area contributed by atoms with Gasteiger partial charge in [0, 0.05) is 31.8 Å². The van der Waals surface area contributed by atoms with Gasteiger partial charge in [-0.1, -0.05) is 48.5 Å². The number of nitrogens with one attached hydrogen (secondary N) is 2. The van der Waals surface area contributed by atoms with Crippen molar-refractivity contribution in [2.45, 2.75) is 51.6 Å². The highest BCUT2D eigenvalue weighted by molar-refractivity contribution is 6.36. The molecule has 0 unspecified atom stereocenters. The van der Waals surface area contributed by atoms with Gasteiger partial charge in [0.2, 0.25) is 11.7 Å². The minimum atomic E-state index is -0.827. The number of carbonyl (C=O) groups excluding carboxylic acids is 5. The molecule has 1 aliphatic carbocycles. The zero-order valence-electron chi connectivity index (χ0n) is 22.6. The maximum Gasteiger partial charge on any atom is 0.410 e. The van der Waals surface area contributed by atoms with E-state index in [0.717, 1.165) is 22.3 Å². The van der Waals surface area contributed by atoms with Crippen LogP contribution in [0.2, 0.25) is 0 Å². The Bertz CT molecular complexity index is 1240. The summed E-state index contributed by atoms with van der Waals surface area (Å²) in [6.07, 6.45) is 0.529. The van der Waals surface area contributed by atoms with Gasteiger partial charge in [0.05, 0.1) is 13.1 Å². The van der Waals surface area contributed by atoms with E-state index < -0.39 is 35.8 Å². The average molecular weight is 534 g/mol. The second-order valence-electron chi connectivity index (χ2n) is 11.1. The minimum absolute atomic E-state index is 0.00165. The largest absolute Gasteiger partial charge is 0.444 e. The van der Waals surface area contributed by atoms with Crippen molar-refractivity contribution in [2.24, 2.45) is 5.92 Å². The van der Waals surface area contributed by atoms with Crippen LogP contribution in [0.25, 0.3) is 11.1 Å². The first-order valence-electron chi connectivity index (χ1n) is 13.3. The summed E-state index contributed by atoms with van der Waals surface area (Å²) in [4.78, 5) is 63.5. The SMILES string of the molecule is CC(C)(C)OC(=O)N1CC[C@H](CC(=O)CNC(=O)CNC(=O)C(=O)CC2c3ccccc3-c3ccccc32)C1. The predicted octanol–water partition coefficient (Wildman–Crippen LogP) is 3.21. The highest BCUT2D eigenvalue weighted by Crippen LogP contribution is 2.46. The Labute approximate surface area is 228 Å². The van der Waals surface area contributed by atoms with E-state index in [9.17, 15) is 24.0 Å². The first-order chi connectivity index (χ1) is 18.5. The van der Waals surface area contributed by atoms with Crippen LogP contribution in [0.5, 0.6) is 0 Å². The van der Waals surface area contributed by atoms with Crippen LogP contribution in [0.3, 0.4) is 0 Å². The molecule has 2 aromatic carbocycles. The van der Waals surface area contributed by atoms with Gasteiger partial charge in [0.25, 0.3) is 5.91 Å². The molecule has 9 nitrogen and oxygen atoms in total. The summed E-state index contributed by atoms with van der Waals surface area (Å²) in [6, 6.07) is 15.7. The molecule has 3 amide bonds. The molecule has 1 fully saturated rings. The molecule has 0 spiro atoms. The van der Waals surface area contributed by atoms with Crippen LogP contribution < -0.4 is 10.6 Å². The summed E-state index contributed by atoms with van der Waals surface area (Å²) in [6.45, 7) is 5.79. The number of nitrogens with zero attached hydrogens (tertiary/aromatic N) is 1. The van der Waals surface area contributed by atoms with Gasteiger partial charge in [-0.05, 0) is 55.4 Å². The van der Waals surface area contributed by atoms with Gasteiger partial charge in [-0.25, -0.2) is 4.79 Å². The van der Waals surface area contributed by atoms with E-state index in [-0.39, 0.29) is 37.0 Å². The molecule has 4 rings (SSSR count). The van der Waals surface area contributed by atoms with Crippen LogP contribution in [-0.4, -0.2) is 66.2 Å². The second-order valence-corrected chi connectivity index (χ2v) is 11.1. The predicted molar refractivity (Wildman–Crippen MR) is 145 cm³/mol. The molecule has 0 saturated carbocycles. The third-order valence-corrected chi connectivity index (χ3v) is 6.95. The summed E-state index contributed by atoms with van der Waals surface area (Å²) in [7, 11) is 0. The van der Waals surface area contributed by atoms with Gasteiger partial charge in [0.15, 0.2) is 5.78 Å². The highest BCUT2D eigenvalue weighted by Gasteiger charge is 2.32. The van der Waals surface area contributed by atoms with E-state index in [0.29, 0.717) is 19.5 Å². The number of benzene rings is 2. The van der Waals surface area contributed by atoms with Gasteiger partial charge < -0.3 is 20.3 Å². The first kappa shape index (κ1) is 28.0. The van der Waals surface area contributed by atoms with Crippen molar-refractivity contribution in [1.82, 2.24) is 15.5 Å². The van der Waals surface area contributed by atoms with Gasteiger partial charge in [-0.3, -0.25) is 19.2 Å². The fourth-order valence-corrected chi connectivity index (χ4v) is 5.16. The van der Waals surface area contributed by atoms with Crippen molar-refractivity contribution in [1.29, 1.82) is 0 Å². The minimum Gasteiger partial charge on any atom is -0.444 e. The van der Waals surface area contributed by atoms with Crippen molar-refractivity contribution in [3.05, 3.63) is 59.7 Å². The zero-order chi connectivity index (χ0) is 28.2. The number of carbonyl (C=O) groups is 5. The van der Waals surface area contributed by atoms with Gasteiger partial charge >= 0.3 is 6.09 Å². The molecule has 2 aromatic rings. The second kappa shape index (κ2) is 11.8. The van der Waals surface area contributed by atoms with E-state index >= 15 is 0 Å². The van der Waals surface area contributed by atoms with Crippen LogP contribution >= 0.6 is 0 Å². The monoisotopic (exact) mass is 533 g/mol. The third kappa shape index (κ3) is 7.10. The van der Waals surface area contributed by atoms with E-state index in [2.05, 4.69) is 10.6 Å². The van der Waals surface area contributed by atoms with Crippen LogP contribution in [-0.2, 0) is 23.9 Å². The number of rotatable bonds is 9. The van der Waals surface area contributed by atoms with E-state index in [1.165, 1.54) is 0 Å². The number of likely N-dealkylation sites (tertiary alicyclic amines) is 1. The Morgan fingerprint density at radius 3 is 2.10 bits per heavy atom. The number of hydrogen-bond acceptors (Lipinski definition) is 6. The summed E-state index contributed by atoms with van der Waals surface area (Å²) in [5.41, 5.74) is 3.55. The maximum atomic E-state index is 12.7. The average Bonchev–Trinajstić information content (AvgIpc) is 3.48. The number of fused-ring (bicyclic) bond motifs is 3. The van der Waals surface area contributed by atoms with E-state index in [1.54, 1.807) is 25.7 Å². The number of amides is 3. The molecular formula is C30H35N3O6. The molecule has 1 saturated heterocycles. The molecule has 1 atom stereocenters. The Kier molecular flexibility index (Phi) is 8.47. The molecule has 2 aliphatic rings. The molecule has 39 heavy (non-hydrogen) atoms. The molecular weight excluding hydrogens is 498 g/mol. The first-order valence-corrected chi connectivity index (χ1v) is 13.3. The Balaban J connectivity index is 1.18. The van der Waals surface area contributed by atoms with Crippen molar-refractivity contribution >= 4 is 29.5 Å². The Morgan fingerprint density at radius 2 is 1.49 bits per heavy atom. The van der Waals surface area contributed by atoms with E-state index in [4.69, 9.17) is 4.74 Å². The van der Waals surface area contributed by atoms with Crippen LogP contribution in [0.4, 0.5) is 4.79 Å². The molecule has 1 heterocycles. The van der Waals surface area contributed by atoms with Crippen molar-refractivity contribution in [2.75, 3.05) is 26.2 Å². The number of hydrogen-bond donors (Lipinski definition) is 2. The Morgan fingerprint density at radius 1 is 0.872 bits per heavy atom. The molecule has 206 valence electrons. The summed E-state index contributed by atoms with van der Waals surface area (Å²) < 4.78 is 5.37. The fourth-order valence-electron chi connectivity index (χ4n) is 5.16. The zero-order valence-corrected chi connectivity index (χ0v) is 22.6. The lowest BCUT2D eigenvalue weighted by Gasteiger charge is -2.24. The lowest BCUT2D eigenvalue weighted by Crippen LogP contribution is -2.41. The molecule has 1 aliphatic heterocycles. The maximum absolute atomic E-state index is 12.7. The van der Waals surface area contributed by atoms with Crippen LogP contribution in [0, 0.1) is 5.92 Å². The lowest BCUT2D eigenvalue weighted by molar-refractivity contribution is -0.138. The van der Waals surface area contributed by atoms with Crippen molar-refractivity contribution in [3.8, 4) is 11.1 Å². The number of Topliss-reactive ketones (excluding diaryl/α,β-unsaturated/α-hetero) is 2. The van der Waals surface area contributed by atoms with E-state index in [1.807, 2.05) is 48.5 Å². The normalized spacial score (nSPS) is 16.3. The molecule has 0 bridgehead atoms. The van der Waals surface area contributed by atoms with Gasteiger partial charge in [-0.2, -0.15) is 0 Å². The summed E-state index contributed by atoms with van der Waals surface area (Å²) in [5, 5.41) is 4.86. The molecule has 0 radical (unpaired) electrons. The fraction of sp³-hybridized carbons (Fsp3) is 0.433. The van der Waals surface area contributed by atoms with Gasteiger partial charge in [0.1, 0.15) is 5.60 Å². The van der Waals surface area contributed by atoms with Crippen molar-refractivity contribution in [3.63, 3.8) is 0 Å². The van der Waals surface area contributed by atoms with Crippen molar-refractivity contribution < 1.29 is 28.7 Å². The topological polar surface area (TPSA) is 122 Å². The molecule has 9 heteroatoms. The molecule has 2 N–H and O–H groups in total. The quantitative estimate of drug-likeness (QED) is 0.478. The summed E-state index contributed by atoms with van der Waals surface area (Å²) in [5.74, 6) is -2.37. The highest BCUT2D eigenvalue weighted by atomic mass is 16.6. The van der Waals surface area contributed by atoms with Crippen LogP contribution in [0.1, 0.15) is 57.1 Å². The number of ether oxygens (including phenoxy) is 1. The molecule has 0 aromatic heterocycles. The third-order valence-electron chi connectivity index (χ3n) is 6.95. The Hall–Kier alpha value is -4.01. The smallest absolute Gasteiger partial charge is 0.410 e. The van der Waals surface area contributed by atoms with Gasteiger partial charge in [-0.15, -0.1) is 0 Å².